The zero-order valence-corrected chi connectivity index (χ0v) is 24.8. The van der Waals surface area contributed by atoms with Crippen LogP contribution in [0.25, 0.3) is 5.76 Å². The molecule has 1 atom stereocenters. The molecular weight excluding hydrogens is 560 g/mol. The summed E-state index contributed by atoms with van der Waals surface area (Å²) < 4.78 is 21.7. The van der Waals surface area contributed by atoms with Crippen molar-refractivity contribution in [3.05, 3.63) is 82.4 Å². The minimum absolute atomic E-state index is 0.00294. The zero-order valence-electron chi connectivity index (χ0n) is 24.0. The predicted octanol–water partition coefficient (Wildman–Crippen LogP) is 5.47. The van der Waals surface area contributed by atoms with Crippen molar-refractivity contribution in [2.75, 3.05) is 32.3 Å². The number of hydrogen-bond acceptors (Lipinski definition) is 10. The van der Waals surface area contributed by atoms with Crippen molar-refractivity contribution in [1.29, 1.82) is 0 Å². The van der Waals surface area contributed by atoms with Gasteiger partial charge in [-0.2, -0.15) is 0 Å². The molecule has 1 fully saturated rings. The first-order chi connectivity index (χ1) is 20.1. The van der Waals surface area contributed by atoms with Crippen LogP contribution in [0.5, 0.6) is 17.2 Å². The maximum absolute atomic E-state index is 13.6. The Morgan fingerprint density at radius 3 is 2.43 bits per heavy atom. The van der Waals surface area contributed by atoms with E-state index in [2.05, 4.69) is 11.6 Å². The fourth-order valence-corrected chi connectivity index (χ4v) is 5.36. The summed E-state index contributed by atoms with van der Waals surface area (Å²) in [6.45, 7) is 9.73. The number of ether oxygens (including phenoxy) is 4. The molecule has 1 aliphatic rings. The lowest BCUT2D eigenvalue weighted by Crippen LogP contribution is -2.29. The van der Waals surface area contributed by atoms with Gasteiger partial charge in [-0.05, 0) is 54.8 Å². The Bertz CT molecular complexity index is 1540. The average molecular weight is 593 g/mol. The predicted molar refractivity (Wildman–Crippen MR) is 158 cm³/mol. The molecule has 1 aliphatic heterocycles. The van der Waals surface area contributed by atoms with Crippen molar-refractivity contribution in [2.24, 2.45) is 5.92 Å². The quantitative estimate of drug-likeness (QED) is 0.101. The second kappa shape index (κ2) is 12.9. The smallest absolute Gasteiger partial charge is 0.350 e. The van der Waals surface area contributed by atoms with Gasteiger partial charge in [0.1, 0.15) is 23.0 Å². The molecule has 1 amide bonds. The molecule has 3 aromatic rings. The fourth-order valence-electron chi connectivity index (χ4n) is 4.37. The van der Waals surface area contributed by atoms with Crippen molar-refractivity contribution in [2.45, 2.75) is 26.8 Å². The molecule has 10 nitrogen and oxygen atoms in total. The van der Waals surface area contributed by atoms with E-state index in [-0.39, 0.29) is 27.9 Å². The molecule has 2 heterocycles. The van der Waals surface area contributed by atoms with Gasteiger partial charge in [0.05, 0.1) is 38.1 Å². The van der Waals surface area contributed by atoms with Crippen LogP contribution < -0.4 is 19.1 Å². The first kappa shape index (κ1) is 30.3. The summed E-state index contributed by atoms with van der Waals surface area (Å²) in [6, 6.07) is 10.4. The van der Waals surface area contributed by atoms with Crippen LogP contribution in [-0.4, -0.2) is 55.2 Å². The maximum atomic E-state index is 13.6. The molecule has 0 spiro atoms. The van der Waals surface area contributed by atoms with E-state index in [0.717, 1.165) is 11.3 Å². The van der Waals surface area contributed by atoms with Crippen molar-refractivity contribution in [3.63, 3.8) is 0 Å². The molecule has 0 saturated carbocycles. The molecular formula is C31H32N2O8S. The van der Waals surface area contributed by atoms with E-state index < -0.39 is 23.7 Å². The molecule has 220 valence electrons. The SMILES string of the molecule is C=CCOC(=O)c1sc(N2C(=O)C(=O)/C(=C(/O)c3ccc(OCC(C)C)cc3)C2c2ccc(OC)c(OC)c2)nc1C. The van der Waals surface area contributed by atoms with Crippen molar-refractivity contribution in [1.82, 2.24) is 4.98 Å². The number of aromatic nitrogens is 1. The Morgan fingerprint density at radius 1 is 1.12 bits per heavy atom. The standard InChI is InChI=1S/C31H32N2O8S/c1-7-14-40-30(37)28-18(4)32-31(42-28)33-25(20-10-13-22(38-5)23(15-20)39-6)24(27(35)29(33)36)26(34)19-8-11-21(12-9-19)41-16-17(2)3/h7-13,15,17,25,34H,1,14,16H2,2-6H3/b26-24+. The maximum Gasteiger partial charge on any atom is 0.350 e. The van der Waals surface area contributed by atoms with Gasteiger partial charge in [-0.3, -0.25) is 14.5 Å². The van der Waals surface area contributed by atoms with Gasteiger partial charge in [-0.1, -0.05) is 43.9 Å². The molecule has 1 saturated heterocycles. The monoisotopic (exact) mass is 592 g/mol. The Kier molecular flexibility index (Phi) is 9.31. The number of ketones is 1. The van der Waals surface area contributed by atoms with Crippen molar-refractivity contribution in [3.8, 4) is 17.2 Å². The Balaban J connectivity index is 1.86. The Labute approximate surface area is 247 Å². The third kappa shape index (κ3) is 6.01. The largest absolute Gasteiger partial charge is 0.507 e. The number of anilines is 1. The van der Waals surface area contributed by atoms with E-state index >= 15 is 0 Å². The van der Waals surface area contributed by atoms with Crippen LogP contribution in [0.3, 0.4) is 0 Å². The van der Waals surface area contributed by atoms with Crippen LogP contribution in [0.4, 0.5) is 5.13 Å². The summed E-state index contributed by atoms with van der Waals surface area (Å²) >= 11 is 0.913. The van der Waals surface area contributed by atoms with E-state index in [1.54, 1.807) is 49.4 Å². The number of aryl methyl sites for hydroxylation is 1. The van der Waals surface area contributed by atoms with Gasteiger partial charge < -0.3 is 24.1 Å². The third-order valence-electron chi connectivity index (χ3n) is 6.39. The van der Waals surface area contributed by atoms with Gasteiger partial charge in [-0.15, -0.1) is 0 Å². The highest BCUT2D eigenvalue weighted by Crippen LogP contribution is 2.45. The number of carbonyl (C=O) groups is 3. The highest BCUT2D eigenvalue weighted by atomic mass is 32.1. The Hall–Kier alpha value is -4.64. The number of hydrogen-bond donors (Lipinski definition) is 1. The van der Waals surface area contributed by atoms with Crippen LogP contribution in [0.2, 0.25) is 0 Å². The molecule has 11 heteroatoms. The molecule has 0 bridgehead atoms. The lowest BCUT2D eigenvalue weighted by Gasteiger charge is -2.23. The summed E-state index contributed by atoms with van der Waals surface area (Å²) in [6.07, 6.45) is 1.44. The van der Waals surface area contributed by atoms with Gasteiger partial charge >= 0.3 is 11.9 Å². The highest BCUT2D eigenvalue weighted by molar-refractivity contribution is 7.17. The number of amides is 1. The molecule has 0 aliphatic carbocycles. The summed E-state index contributed by atoms with van der Waals surface area (Å²) in [5.74, 6) is -1.09. The number of aliphatic hydroxyl groups is 1. The van der Waals surface area contributed by atoms with Crippen LogP contribution in [0.1, 0.15) is 46.4 Å². The number of methoxy groups -OCH3 is 2. The van der Waals surface area contributed by atoms with Gasteiger partial charge in [0.15, 0.2) is 16.6 Å². The van der Waals surface area contributed by atoms with Crippen LogP contribution in [0.15, 0.2) is 60.7 Å². The molecule has 1 unspecified atom stereocenters. The Morgan fingerprint density at radius 2 is 1.81 bits per heavy atom. The van der Waals surface area contributed by atoms with E-state index in [9.17, 15) is 19.5 Å². The molecule has 1 aromatic heterocycles. The van der Waals surface area contributed by atoms with Gasteiger partial charge in [0.2, 0.25) is 0 Å². The number of thiazole rings is 1. The van der Waals surface area contributed by atoms with Crippen LogP contribution in [0, 0.1) is 12.8 Å². The molecule has 4 rings (SSSR count). The van der Waals surface area contributed by atoms with Gasteiger partial charge in [0.25, 0.3) is 5.78 Å². The minimum Gasteiger partial charge on any atom is -0.507 e. The third-order valence-corrected chi connectivity index (χ3v) is 7.52. The van der Waals surface area contributed by atoms with Gasteiger partial charge in [-0.25, -0.2) is 9.78 Å². The summed E-state index contributed by atoms with van der Waals surface area (Å²) in [5, 5.41) is 11.6. The van der Waals surface area contributed by atoms with E-state index in [0.29, 0.717) is 46.6 Å². The number of rotatable bonds is 11. The molecule has 0 radical (unpaired) electrons. The normalized spacial score (nSPS) is 16.0. The number of aliphatic hydroxyl groups excluding tert-OH is 1. The fraction of sp³-hybridized carbons (Fsp3) is 0.290. The summed E-state index contributed by atoms with van der Waals surface area (Å²) in [5.41, 5.74) is 0.953. The zero-order chi connectivity index (χ0) is 30.6. The molecule has 1 N–H and O–H groups in total. The topological polar surface area (TPSA) is 124 Å². The summed E-state index contributed by atoms with van der Waals surface area (Å²) in [7, 11) is 2.95. The highest BCUT2D eigenvalue weighted by Gasteiger charge is 2.48. The minimum atomic E-state index is -1.09. The van der Waals surface area contributed by atoms with Crippen LogP contribution in [-0.2, 0) is 14.3 Å². The number of Topliss-reactive ketones (excluding diaryl/α,β-unsaturated/α-hetero) is 1. The van der Waals surface area contributed by atoms with Crippen molar-refractivity contribution < 1.29 is 38.4 Å². The second-order valence-electron chi connectivity index (χ2n) is 9.81. The van der Waals surface area contributed by atoms with E-state index in [1.165, 1.54) is 25.2 Å². The number of benzene rings is 2. The number of esters is 1. The van der Waals surface area contributed by atoms with Crippen LogP contribution >= 0.6 is 11.3 Å². The molecule has 2 aromatic carbocycles. The first-order valence-electron chi connectivity index (χ1n) is 13.1. The lowest BCUT2D eigenvalue weighted by atomic mass is 9.95. The van der Waals surface area contributed by atoms with Gasteiger partial charge in [0, 0.05) is 5.56 Å². The average Bonchev–Trinajstić information content (AvgIpc) is 3.50. The van der Waals surface area contributed by atoms with E-state index in [4.69, 9.17) is 18.9 Å². The summed E-state index contributed by atoms with van der Waals surface area (Å²) in [4.78, 5) is 45.5. The number of carbonyl (C=O) groups excluding carboxylic acids is 3. The number of nitrogens with zero attached hydrogens (tertiary/aromatic N) is 2. The van der Waals surface area contributed by atoms with E-state index in [1.807, 2.05) is 13.8 Å². The van der Waals surface area contributed by atoms with Crippen molar-refractivity contribution >= 4 is 39.9 Å². The second-order valence-corrected chi connectivity index (χ2v) is 10.8. The molecule has 42 heavy (non-hydrogen) atoms. The lowest BCUT2D eigenvalue weighted by molar-refractivity contribution is -0.132. The first-order valence-corrected chi connectivity index (χ1v) is 13.9.